The molecule has 1 rings (SSSR count). The molecular formula is C9H18N2. The van der Waals surface area contributed by atoms with Crippen molar-refractivity contribution in [3.05, 3.63) is 6.42 Å². The molecule has 1 fully saturated rings. The lowest BCUT2D eigenvalue weighted by atomic mass is 9.82. The van der Waals surface area contributed by atoms with Crippen molar-refractivity contribution in [2.24, 2.45) is 0 Å². The molecule has 0 saturated carbocycles. The van der Waals surface area contributed by atoms with Crippen LogP contribution in [-0.4, -0.2) is 16.1 Å². The molecule has 0 aromatic rings. The Balaban J connectivity index is 2.76. The van der Waals surface area contributed by atoms with Gasteiger partial charge in [0.1, 0.15) is 0 Å². The lowest BCUT2D eigenvalue weighted by Gasteiger charge is -2.49. The molecule has 0 amide bonds. The first-order valence-corrected chi connectivity index (χ1v) is 4.19. The van der Waals surface area contributed by atoms with Gasteiger partial charge in [-0.05, 0) is 47.0 Å². The van der Waals surface area contributed by atoms with Gasteiger partial charge in [-0.15, -0.1) is 0 Å². The Hall–Kier alpha value is -0.0800. The van der Waals surface area contributed by atoms with E-state index >= 15 is 0 Å². The second-order valence-electron chi connectivity index (χ2n) is 4.66. The van der Waals surface area contributed by atoms with Gasteiger partial charge in [0.15, 0.2) is 0 Å². The van der Waals surface area contributed by atoms with Crippen molar-refractivity contribution in [2.75, 3.05) is 0 Å². The fourth-order valence-electron chi connectivity index (χ4n) is 1.78. The fraction of sp³-hybridized carbons (Fsp3) is 0.889. The standard InChI is InChI=1S/C9H18N2/c1-8(2)6-5-7-9(3,4)11(8)10/h5,10H,6-7H2,1-4H3. The number of nitrogens with zero attached hydrogens (tertiary/aromatic N) is 1. The molecule has 1 N–H and O–H groups in total. The van der Waals surface area contributed by atoms with E-state index in [0.29, 0.717) is 0 Å². The molecule has 0 spiro atoms. The number of hydrogen-bond acceptors (Lipinski definition) is 1. The summed E-state index contributed by atoms with van der Waals surface area (Å²) in [7, 11) is 0. The van der Waals surface area contributed by atoms with Crippen LogP contribution in [0.1, 0.15) is 40.5 Å². The maximum atomic E-state index is 7.89. The molecule has 1 aliphatic rings. The maximum Gasteiger partial charge on any atom is 0.0320 e. The number of nitrogens with one attached hydrogen (secondary N) is 1. The third-order valence-electron chi connectivity index (χ3n) is 2.50. The SMILES string of the molecule is CC1(C)C[CH]CC(C)(C)N1[NH]. The molecule has 2 radical (unpaired) electrons. The second-order valence-corrected chi connectivity index (χ2v) is 4.66. The zero-order valence-corrected chi connectivity index (χ0v) is 7.94. The van der Waals surface area contributed by atoms with Gasteiger partial charge in [0, 0.05) is 11.1 Å². The summed E-state index contributed by atoms with van der Waals surface area (Å²) in [4.78, 5) is 0. The lowest BCUT2D eigenvalue weighted by molar-refractivity contribution is -0.0182. The van der Waals surface area contributed by atoms with E-state index < -0.39 is 0 Å². The van der Waals surface area contributed by atoms with Crippen LogP contribution in [-0.2, 0) is 0 Å². The van der Waals surface area contributed by atoms with Crippen molar-refractivity contribution in [3.8, 4) is 0 Å². The van der Waals surface area contributed by atoms with Crippen molar-refractivity contribution in [1.82, 2.24) is 10.9 Å². The highest BCUT2D eigenvalue weighted by molar-refractivity contribution is 5.00. The highest BCUT2D eigenvalue weighted by atomic mass is 15.5. The molecule has 2 heteroatoms. The minimum atomic E-state index is 0.0156. The second kappa shape index (κ2) is 2.46. The lowest BCUT2D eigenvalue weighted by Crippen LogP contribution is -2.57. The fourth-order valence-corrected chi connectivity index (χ4v) is 1.78. The first-order chi connectivity index (χ1) is 4.86. The van der Waals surface area contributed by atoms with Gasteiger partial charge in [-0.1, -0.05) is 0 Å². The quantitative estimate of drug-likeness (QED) is 0.524. The van der Waals surface area contributed by atoms with Gasteiger partial charge in [-0.3, -0.25) is 0 Å². The van der Waals surface area contributed by atoms with Gasteiger partial charge in [0.25, 0.3) is 0 Å². The molecule has 0 unspecified atom stereocenters. The van der Waals surface area contributed by atoms with Crippen LogP contribution < -0.4 is 5.84 Å². The Morgan fingerprint density at radius 2 is 1.45 bits per heavy atom. The predicted molar refractivity (Wildman–Crippen MR) is 46.6 cm³/mol. The average molecular weight is 154 g/mol. The predicted octanol–water partition coefficient (Wildman–Crippen LogP) is 2.04. The van der Waals surface area contributed by atoms with Crippen molar-refractivity contribution in [1.29, 1.82) is 0 Å². The van der Waals surface area contributed by atoms with Gasteiger partial charge in [-0.25, -0.2) is 5.01 Å². The normalized spacial score (nSPS) is 30.3. The molecule has 0 atom stereocenters. The summed E-state index contributed by atoms with van der Waals surface area (Å²) in [6.07, 6.45) is 4.35. The van der Waals surface area contributed by atoms with E-state index in [2.05, 4.69) is 34.1 Å². The van der Waals surface area contributed by atoms with Crippen LogP contribution in [0.2, 0.25) is 0 Å². The smallest absolute Gasteiger partial charge is 0.0320 e. The van der Waals surface area contributed by atoms with Crippen LogP contribution in [0.4, 0.5) is 0 Å². The van der Waals surface area contributed by atoms with Crippen molar-refractivity contribution in [2.45, 2.75) is 51.6 Å². The molecule has 0 aromatic heterocycles. The summed E-state index contributed by atoms with van der Waals surface area (Å²) in [6, 6.07) is 0. The van der Waals surface area contributed by atoms with E-state index in [0.717, 1.165) is 12.8 Å². The van der Waals surface area contributed by atoms with Gasteiger partial charge < -0.3 is 0 Å². The van der Waals surface area contributed by atoms with Crippen LogP contribution >= 0.6 is 0 Å². The third-order valence-corrected chi connectivity index (χ3v) is 2.50. The Bertz CT molecular complexity index is 134. The van der Waals surface area contributed by atoms with Crippen molar-refractivity contribution < 1.29 is 0 Å². The van der Waals surface area contributed by atoms with E-state index in [1.165, 1.54) is 0 Å². The molecule has 64 valence electrons. The average Bonchev–Trinajstić information content (AvgIpc) is 1.82. The maximum absolute atomic E-state index is 7.89. The van der Waals surface area contributed by atoms with E-state index in [4.69, 9.17) is 5.84 Å². The van der Waals surface area contributed by atoms with Crippen LogP contribution in [0.25, 0.3) is 0 Å². The van der Waals surface area contributed by atoms with Gasteiger partial charge in [0.05, 0.1) is 0 Å². The van der Waals surface area contributed by atoms with Crippen LogP contribution in [0, 0.1) is 6.42 Å². The Morgan fingerprint density at radius 1 is 1.09 bits per heavy atom. The van der Waals surface area contributed by atoms with E-state index in [-0.39, 0.29) is 11.1 Å². The highest BCUT2D eigenvalue weighted by Crippen LogP contribution is 2.35. The van der Waals surface area contributed by atoms with E-state index in [1.54, 1.807) is 5.01 Å². The first kappa shape index (κ1) is 9.01. The molecule has 1 saturated heterocycles. The molecule has 1 heterocycles. The number of hydrogen-bond donors (Lipinski definition) is 0. The minimum absolute atomic E-state index is 0.0156. The Morgan fingerprint density at radius 3 is 1.73 bits per heavy atom. The van der Waals surface area contributed by atoms with Crippen molar-refractivity contribution >= 4 is 0 Å². The molecule has 1 aliphatic heterocycles. The minimum Gasteiger partial charge on any atom is -0.219 e. The molecule has 2 nitrogen and oxygen atoms in total. The topological polar surface area (TPSA) is 27.0 Å². The van der Waals surface area contributed by atoms with Crippen LogP contribution in [0.5, 0.6) is 0 Å². The Labute approximate surface area is 69.7 Å². The molecule has 11 heavy (non-hydrogen) atoms. The Kier molecular flexibility index (Phi) is 2.01. The highest BCUT2D eigenvalue weighted by Gasteiger charge is 2.39. The molecule has 0 aromatic carbocycles. The summed E-state index contributed by atoms with van der Waals surface area (Å²) in [5.74, 6) is 7.89. The molecule has 0 bridgehead atoms. The number of piperidine rings is 1. The van der Waals surface area contributed by atoms with Gasteiger partial charge in [0.2, 0.25) is 0 Å². The molecule has 0 aliphatic carbocycles. The summed E-state index contributed by atoms with van der Waals surface area (Å²) >= 11 is 0. The summed E-state index contributed by atoms with van der Waals surface area (Å²) in [5, 5.41) is 1.74. The monoisotopic (exact) mass is 154 g/mol. The van der Waals surface area contributed by atoms with E-state index in [1.807, 2.05) is 0 Å². The van der Waals surface area contributed by atoms with Gasteiger partial charge in [-0.2, -0.15) is 5.84 Å². The zero-order valence-electron chi connectivity index (χ0n) is 7.94. The van der Waals surface area contributed by atoms with Crippen molar-refractivity contribution in [3.63, 3.8) is 0 Å². The van der Waals surface area contributed by atoms with Gasteiger partial charge >= 0.3 is 0 Å². The summed E-state index contributed by atoms with van der Waals surface area (Å²) in [5.41, 5.74) is 0.0312. The summed E-state index contributed by atoms with van der Waals surface area (Å²) in [6.45, 7) is 8.49. The first-order valence-electron chi connectivity index (χ1n) is 4.19. The zero-order chi connectivity index (χ0) is 8.70. The number of rotatable bonds is 0. The molecular weight excluding hydrogens is 136 g/mol. The summed E-state index contributed by atoms with van der Waals surface area (Å²) < 4.78 is 0. The van der Waals surface area contributed by atoms with Crippen LogP contribution in [0.3, 0.4) is 0 Å². The van der Waals surface area contributed by atoms with Crippen LogP contribution in [0.15, 0.2) is 0 Å². The third kappa shape index (κ3) is 1.57. The van der Waals surface area contributed by atoms with E-state index in [9.17, 15) is 0 Å². The largest absolute Gasteiger partial charge is 0.219 e.